The number of piperazine rings is 1. The van der Waals surface area contributed by atoms with E-state index in [1.165, 1.54) is 22.1 Å². The fraction of sp³-hybridized carbons (Fsp3) is 0.571. The fourth-order valence-electron chi connectivity index (χ4n) is 2.52. The summed E-state index contributed by atoms with van der Waals surface area (Å²) >= 11 is 3.63. The maximum atomic E-state index is 3.63. The molecule has 17 heavy (non-hydrogen) atoms. The Morgan fingerprint density at radius 2 is 2.24 bits per heavy atom. The van der Waals surface area contributed by atoms with Gasteiger partial charge in [0.2, 0.25) is 0 Å². The maximum absolute atomic E-state index is 3.63. The van der Waals surface area contributed by atoms with E-state index in [9.17, 15) is 0 Å². The molecule has 1 aliphatic heterocycles. The van der Waals surface area contributed by atoms with E-state index in [4.69, 9.17) is 0 Å². The first-order chi connectivity index (χ1) is 8.13. The zero-order chi connectivity index (χ0) is 12.4. The van der Waals surface area contributed by atoms with Crippen LogP contribution in [-0.4, -0.2) is 25.2 Å². The molecule has 1 heterocycles. The second-order valence-corrected chi connectivity index (χ2v) is 5.76. The van der Waals surface area contributed by atoms with E-state index in [0.29, 0.717) is 12.1 Å². The van der Waals surface area contributed by atoms with E-state index >= 15 is 0 Å². The molecule has 1 aromatic rings. The summed E-state index contributed by atoms with van der Waals surface area (Å²) < 4.78 is 1.20. The molecular weight excluding hydrogens is 276 g/mol. The molecule has 2 nitrogen and oxygen atoms in total. The van der Waals surface area contributed by atoms with Crippen molar-refractivity contribution in [2.24, 2.45) is 0 Å². The van der Waals surface area contributed by atoms with Crippen LogP contribution in [0.3, 0.4) is 0 Å². The van der Waals surface area contributed by atoms with Crippen molar-refractivity contribution in [3.05, 3.63) is 28.2 Å². The van der Waals surface area contributed by atoms with Crippen LogP contribution in [0.25, 0.3) is 0 Å². The normalized spacial score (nSPS) is 25.1. The van der Waals surface area contributed by atoms with Crippen LogP contribution in [0, 0.1) is 6.92 Å². The zero-order valence-electron chi connectivity index (χ0n) is 10.8. The molecule has 0 saturated carbocycles. The van der Waals surface area contributed by atoms with Crippen molar-refractivity contribution in [1.29, 1.82) is 0 Å². The second kappa shape index (κ2) is 5.40. The van der Waals surface area contributed by atoms with Crippen LogP contribution in [0.15, 0.2) is 22.7 Å². The summed E-state index contributed by atoms with van der Waals surface area (Å²) in [4.78, 5) is 2.56. The van der Waals surface area contributed by atoms with Crippen molar-refractivity contribution in [3.8, 4) is 0 Å². The summed E-state index contributed by atoms with van der Waals surface area (Å²) in [7, 11) is 0. The highest BCUT2D eigenvalue weighted by Gasteiger charge is 2.25. The fourth-order valence-corrected chi connectivity index (χ4v) is 2.88. The minimum absolute atomic E-state index is 0.566. The number of nitrogens with one attached hydrogen (secondary N) is 1. The molecule has 1 fully saturated rings. The molecule has 1 saturated heterocycles. The summed E-state index contributed by atoms with van der Waals surface area (Å²) in [5.74, 6) is 0. The van der Waals surface area contributed by atoms with Crippen molar-refractivity contribution < 1.29 is 0 Å². The van der Waals surface area contributed by atoms with Gasteiger partial charge in [-0.25, -0.2) is 0 Å². The highest BCUT2D eigenvalue weighted by molar-refractivity contribution is 9.10. The molecule has 0 radical (unpaired) electrons. The van der Waals surface area contributed by atoms with Crippen molar-refractivity contribution in [2.45, 2.75) is 39.3 Å². The van der Waals surface area contributed by atoms with Crippen LogP contribution >= 0.6 is 15.9 Å². The molecule has 2 atom stereocenters. The quantitative estimate of drug-likeness (QED) is 0.900. The molecular formula is C14H21BrN2. The van der Waals surface area contributed by atoms with Gasteiger partial charge in [0.05, 0.1) is 0 Å². The third kappa shape index (κ3) is 2.66. The Morgan fingerprint density at radius 1 is 1.47 bits per heavy atom. The van der Waals surface area contributed by atoms with E-state index in [1.807, 2.05) is 0 Å². The van der Waals surface area contributed by atoms with E-state index in [-0.39, 0.29) is 0 Å². The second-order valence-electron chi connectivity index (χ2n) is 4.91. The van der Waals surface area contributed by atoms with Crippen LogP contribution in [0.1, 0.15) is 25.8 Å². The first-order valence-corrected chi connectivity index (χ1v) is 7.18. The summed E-state index contributed by atoms with van der Waals surface area (Å²) in [6.07, 6.45) is 1.19. The minimum atomic E-state index is 0.566. The van der Waals surface area contributed by atoms with Crippen LogP contribution in [0.4, 0.5) is 5.69 Å². The average Bonchev–Trinajstić information content (AvgIpc) is 2.33. The molecule has 94 valence electrons. The summed E-state index contributed by atoms with van der Waals surface area (Å²) in [6, 6.07) is 7.66. The number of halogens is 1. The predicted octanol–water partition coefficient (Wildman–Crippen LogP) is 3.33. The van der Waals surface area contributed by atoms with Gasteiger partial charge in [0, 0.05) is 35.3 Å². The number of nitrogens with zero attached hydrogens (tertiary/aromatic N) is 1. The van der Waals surface area contributed by atoms with Gasteiger partial charge in [0.25, 0.3) is 0 Å². The molecule has 0 amide bonds. The molecule has 0 aromatic heterocycles. The Morgan fingerprint density at radius 3 is 2.94 bits per heavy atom. The van der Waals surface area contributed by atoms with Gasteiger partial charge in [-0.2, -0.15) is 0 Å². The Hall–Kier alpha value is -0.540. The number of benzene rings is 1. The molecule has 3 heteroatoms. The van der Waals surface area contributed by atoms with E-state index in [2.05, 4.69) is 65.1 Å². The summed E-state index contributed by atoms with van der Waals surface area (Å²) in [5.41, 5.74) is 2.72. The summed E-state index contributed by atoms with van der Waals surface area (Å²) in [5, 5.41) is 3.56. The Kier molecular flexibility index (Phi) is 4.10. The number of rotatable bonds is 2. The van der Waals surface area contributed by atoms with Crippen LogP contribution in [0.2, 0.25) is 0 Å². The SMILES string of the molecule is CCC1CNC(C)CN1c1cccc(Br)c1C. The molecule has 1 N–H and O–H groups in total. The van der Waals surface area contributed by atoms with Gasteiger partial charge in [-0.15, -0.1) is 0 Å². The zero-order valence-corrected chi connectivity index (χ0v) is 12.4. The van der Waals surface area contributed by atoms with Gasteiger partial charge in [-0.05, 0) is 38.0 Å². The highest BCUT2D eigenvalue weighted by atomic mass is 79.9. The first-order valence-electron chi connectivity index (χ1n) is 6.38. The topological polar surface area (TPSA) is 15.3 Å². The van der Waals surface area contributed by atoms with Crippen LogP contribution in [-0.2, 0) is 0 Å². The van der Waals surface area contributed by atoms with Gasteiger partial charge in [-0.3, -0.25) is 0 Å². The molecule has 0 spiro atoms. The van der Waals surface area contributed by atoms with Crippen molar-refractivity contribution in [3.63, 3.8) is 0 Å². The smallest absolute Gasteiger partial charge is 0.0412 e. The molecule has 0 aliphatic carbocycles. The van der Waals surface area contributed by atoms with Crippen molar-refractivity contribution >= 4 is 21.6 Å². The van der Waals surface area contributed by atoms with E-state index < -0.39 is 0 Å². The van der Waals surface area contributed by atoms with Gasteiger partial charge < -0.3 is 10.2 Å². The van der Waals surface area contributed by atoms with Gasteiger partial charge in [-0.1, -0.05) is 28.9 Å². The van der Waals surface area contributed by atoms with Gasteiger partial charge in [0.15, 0.2) is 0 Å². The lowest BCUT2D eigenvalue weighted by molar-refractivity contribution is 0.402. The number of hydrogen-bond acceptors (Lipinski definition) is 2. The highest BCUT2D eigenvalue weighted by Crippen LogP contribution is 2.29. The monoisotopic (exact) mass is 296 g/mol. The van der Waals surface area contributed by atoms with Gasteiger partial charge >= 0.3 is 0 Å². The lowest BCUT2D eigenvalue weighted by atomic mass is 10.0. The van der Waals surface area contributed by atoms with Crippen LogP contribution in [0.5, 0.6) is 0 Å². The number of anilines is 1. The average molecular weight is 297 g/mol. The molecule has 1 aliphatic rings. The molecule has 2 unspecified atom stereocenters. The Labute approximate surface area is 113 Å². The van der Waals surface area contributed by atoms with Crippen LogP contribution < -0.4 is 10.2 Å². The lowest BCUT2D eigenvalue weighted by Crippen LogP contribution is -2.55. The maximum Gasteiger partial charge on any atom is 0.0412 e. The van der Waals surface area contributed by atoms with Gasteiger partial charge in [0.1, 0.15) is 0 Å². The van der Waals surface area contributed by atoms with Crippen molar-refractivity contribution in [1.82, 2.24) is 5.32 Å². The molecule has 0 bridgehead atoms. The first kappa shape index (κ1) is 12.9. The molecule has 1 aromatic carbocycles. The van der Waals surface area contributed by atoms with Crippen molar-refractivity contribution in [2.75, 3.05) is 18.0 Å². The number of hydrogen-bond donors (Lipinski definition) is 1. The molecule has 2 rings (SSSR count). The standard InChI is InChI=1S/C14H21BrN2/c1-4-12-8-16-10(2)9-17(12)14-7-5-6-13(15)11(14)3/h5-7,10,12,16H,4,8-9H2,1-3H3. The predicted molar refractivity (Wildman–Crippen MR) is 77.8 cm³/mol. The van der Waals surface area contributed by atoms with E-state index in [1.54, 1.807) is 0 Å². The lowest BCUT2D eigenvalue weighted by Gasteiger charge is -2.41. The Bertz CT molecular complexity index is 392. The largest absolute Gasteiger partial charge is 0.365 e. The minimum Gasteiger partial charge on any atom is -0.365 e. The van der Waals surface area contributed by atoms with E-state index in [0.717, 1.165) is 13.1 Å². The Balaban J connectivity index is 2.32. The third-order valence-electron chi connectivity index (χ3n) is 3.63. The summed E-state index contributed by atoms with van der Waals surface area (Å²) in [6.45, 7) is 8.90. The third-order valence-corrected chi connectivity index (χ3v) is 4.49.